The Morgan fingerprint density at radius 1 is 1.28 bits per heavy atom. The summed E-state index contributed by atoms with van der Waals surface area (Å²) in [5, 5.41) is 9.64. The molecule has 1 aromatic carbocycles. The van der Waals surface area contributed by atoms with Crippen molar-refractivity contribution in [1.82, 2.24) is 10.2 Å². The average molecular weight is 308 g/mol. The van der Waals surface area contributed by atoms with E-state index in [1.54, 1.807) is 20.0 Å². The highest BCUT2D eigenvalue weighted by atomic mass is 79.9. The van der Waals surface area contributed by atoms with Gasteiger partial charge in [0, 0.05) is 11.9 Å². The number of nitrogens with one attached hydrogen (secondary N) is 2. The maximum atomic E-state index is 11.8. The van der Waals surface area contributed by atoms with Gasteiger partial charge in [0.2, 0.25) is 5.91 Å². The molecule has 5 heteroatoms. The lowest BCUT2D eigenvalue weighted by molar-refractivity contribution is -0.117. The van der Waals surface area contributed by atoms with Crippen LogP contribution in [0.2, 0.25) is 0 Å². The van der Waals surface area contributed by atoms with Crippen molar-refractivity contribution in [2.75, 3.05) is 5.32 Å². The first-order chi connectivity index (χ1) is 8.47. The van der Waals surface area contributed by atoms with E-state index in [9.17, 15) is 4.79 Å². The Bertz CT molecular complexity index is 526. The summed E-state index contributed by atoms with van der Waals surface area (Å²) in [6, 6.07) is 9.50. The number of carbonyl (C=O) groups excluding carboxylic acids is 1. The monoisotopic (exact) mass is 307 g/mol. The van der Waals surface area contributed by atoms with E-state index >= 15 is 0 Å². The molecular weight excluding hydrogens is 294 g/mol. The normalized spacial score (nSPS) is 11.3. The summed E-state index contributed by atoms with van der Waals surface area (Å²) in [4.78, 5) is 11.8. The minimum absolute atomic E-state index is 0.0724. The highest BCUT2D eigenvalue weighted by Gasteiger charge is 2.23. The van der Waals surface area contributed by atoms with E-state index in [4.69, 9.17) is 0 Å². The number of carbonyl (C=O) groups is 1. The molecule has 0 aliphatic rings. The van der Waals surface area contributed by atoms with E-state index in [1.807, 2.05) is 30.3 Å². The van der Waals surface area contributed by atoms with Crippen molar-refractivity contribution in [1.29, 1.82) is 0 Å². The van der Waals surface area contributed by atoms with E-state index < -0.39 is 4.32 Å². The van der Waals surface area contributed by atoms with Crippen molar-refractivity contribution in [2.45, 2.75) is 18.2 Å². The van der Waals surface area contributed by atoms with E-state index in [0.29, 0.717) is 0 Å². The van der Waals surface area contributed by atoms with Crippen LogP contribution in [0.5, 0.6) is 0 Å². The second kappa shape index (κ2) is 4.94. The predicted molar refractivity (Wildman–Crippen MR) is 75.7 cm³/mol. The molecule has 0 radical (unpaired) electrons. The number of amides is 1. The number of benzene rings is 1. The van der Waals surface area contributed by atoms with E-state index in [-0.39, 0.29) is 5.91 Å². The Morgan fingerprint density at radius 2 is 1.94 bits per heavy atom. The molecule has 1 amide bonds. The first-order valence-corrected chi connectivity index (χ1v) is 6.36. The number of nitrogens with zero attached hydrogens (tertiary/aromatic N) is 1. The minimum Gasteiger partial charge on any atom is -0.325 e. The fourth-order valence-electron chi connectivity index (χ4n) is 1.43. The third-order valence-electron chi connectivity index (χ3n) is 2.49. The molecule has 0 atom stereocenters. The van der Waals surface area contributed by atoms with Gasteiger partial charge in [-0.15, -0.1) is 0 Å². The molecule has 2 N–H and O–H groups in total. The van der Waals surface area contributed by atoms with Crippen LogP contribution in [0.15, 0.2) is 36.5 Å². The molecule has 4 nitrogen and oxygen atoms in total. The summed E-state index contributed by atoms with van der Waals surface area (Å²) in [5.41, 5.74) is 2.76. The van der Waals surface area contributed by atoms with Crippen molar-refractivity contribution in [3.8, 4) is 11.3 Å². The van der Waals surface area contributed by atoms with Gasteiger partial charge in [0.05, 0.1) is 10.0 Å². The fraction of sp³-hybridized carbons (Fsp3) is 0.231. The van der Waals surface area contributed by atoms with E-state index in [1.165, 1.54) is 0 Å². The molecule has 1 heterocycles. The van der Waals surface area contributed by atoms with Gasteiger partial charge in [-0.1, -0.05) is 28.1 Å². The predicted octanol–water partition coefficient (Wildman–Crippen LogP) is 3.19. The number of anilines is 1. The highest BCUT2D eigenvalue weighted by Crippen LogP contribution is 2.21. The molecule has 0 unspecified atom stereocenters. The molecule has 2 aromatic rings. The summed E-state index contributed by atoms with van der Waals surface area (Å²) < 4.78 is -0.574. The van der Waals surface area contributed by atoms with Gasteiger partial charge in [-0.2, -0.15) is 5.10 Å². The third kappa shape index (κ3) is 2.98. The topological polar surface area (TPSA) is 57.8 Å². The SMILES string of the molecule is CC(C)(Br)C(=O)Nc1ccc(-c2ccn[nH]2)cc1. The molecule has 0 bridgehead atoms. The van der Waals surface area contributed by atoms with E-state index in [2.05, 4.69) is 31.4 Å². The molecule has 0 fully saturated rings. The van der Waals surface area contributed by atoms with Crippen molar-refractivity contribution in [3.05, 3.63) is 36.5 Å². The van der Waals surface area contributed by atoms with Gasteiger partial charge in [-0.05, 0) is 37.6 Å². The molecule has 0 saturated carbocycles. The van der Waals surface area contributed by atoms with Gasteiger partial charge in [0.1, 0.15) is 0 Å². The van der Waals surface area contributed by atoms with Crippen molar-refractivity contribution >= 4 is 27.5 Å². The quantitative estimate of drug-likeness (QED) is 0.856. The Morgan fingerprint density at radius 3 is 2.44 bits per heavy atom. The first kappa shape index (κ1) is 12.8. The number of alkyl halides is 1. The molecule has 0 saturated heterocycles. The lowest BCUT2D eigenvalue weighted by Crippen LogP contribution is -2.30. The lowest BCUT2D eigenvalue weighted by atomic mass is 10.1. The van der Waals surface area contributed by atoms with Crippen molar-refractivity contribution in [3.63, 3.8) is 0 Å². The largest absolute Gasteiger partial charge is 0.325 e. The molecule has 0 aliphatic heterocycles. The molecule has 0 aliphatic carbocycles. The Labute approximate surface area is 114 Å². The molecule has 1 aromatic heterocycles. The molecule has 94 valence electrons. The second-order valence-corrected chi connectivity index (χ2v) is 6.46. The van der Waals surface area contributed by atoms with Gasteiger partial charge < -0.3 is 5.32 Å². The van der Waals surface area contributed by atoms with E-state index in [0.717, 1.165) is 16.9 Å². The van der Waals surface area contributed by atoms with Crippen LogP contribution in [-0.2, 0) is 4.79 Å². The number of rotatable bonds is 3. The van der Waals surface area contributed by atoms with Crippen LogP contribution >= 0.6 is 15.9 Å². The van der Waals surface area contributed by atoms with Gasteiger partial charge in [-0.3, -0.25) is 9.89 Å². The number of hydrogen-bond donors (Lipinski definition) is 2. The maximum absolute atomic E-state index is 11.8. The summed E-state index contributed by atoms with van der Waals surface area (Å²) in [7, 11) is 0. The van der Waals surface area contributed by atoms with Gasteiger partial charge >= 0.3 is 0 Å². The summed E-state index contributed by atoms with van der Waals surface area (Å²) in [5.74, 6) is -0.0724. The van der Waals surface area contributed by atoms with Gasteiger partial charge in [0.15, 0.2) is 0 Å². The van der Waals surface area contributed by atoms with Crippen LogP contribution in [0.3, 0.4) is 0 Å². The van der Waals surface area contributed by atoms with Crippen LogP contribution in [0, 0.1) is 0 Å². The van der Waals surface area contributed by atoms with Crippen molar-refractivity contribution in [2.24, 2.45) is 0 Å². The lowest BCUT2D eigenvalue weighted by Gasteiger charge is -2.15. The Kier molecular flexibility index (Phi) is 3.52. The zero-order valence-corrected chi connectivity index (χ0v) is 11.8. The zero-order valence-electron chi connectivity index (χ0n) is 10.2. The highest BCUT2D eigenvalue weighted by molar-refractivity contribution is 9.10. The zero-order chi connectivity index (χ0) is 13.2. The molecule has 0 spiro atoms. The van der Waals surface area contributed by atoms with Gasteiger partial charge in [-0.25, -0.2) is 0 Å². The number of hydrogen-bond acceptors (Lipinski definition) is 2. The second-order valence-electron chi connectivity index (χ2n) is 4.47. The summed E-state index contributed by atoms with van der Waals surface area (Å²) in [6.45, 7) is 3.61. The third-order valence-corrected chi connectivity index (χ3v) is 2.85. The molecule has 2 rings (SSSR count). The summed E-state index contributed by atoms with van der Waals surface area (Å²) in [6.07, 6.45) is 1.71. The number of aromatic amines is 1. The van der Waals surface area contributed by atoms with Crippen LogP contribution in [-0.4, -0.2) is 20.4 Å². The minimum atomic E-state index is -0.574. The maximum Gasteiger partial charge on any atom is 0.240 e. The van der Waals surface area contributed by atoms with Crippen LogP contribution in [0.4, 0.5) is 5.69 Å². The number of halogens is 1. The average Bonchev–Trinajstić information content (AvgIpc) is 2.82. The molecule has 18 heavy (non-hydrogen) atoms. The van der Waals surface area contributed by atoms with Crippen LogP contribution in [0.1, 0.15) is 13.8 Å². The number of aromatic nitrogens is 2. The molecular formula is C13H14BrN3O. The van der Waals surface area contributed by atoms with Crippen molar-refractivity contribution < 1.29 is 4.79 Å². The fourth-order valence-corrected chi connectivity index (χ4v) is 1.53. The number of H-pyrrole nitrogens is 1. The van der Waals surface area contributed by atoms with Crippen LogP contribution in [0.25, 0.3) is 11.3 Å². The van der Waals surface area contributed by atoms with Gasteiger partial charge in [0.25, 0.3) is 0 Å². The standard InChI is InChI=1S/C13H14BrN3O/c1-13(2,14)12(18)16-10-5-3-9(4-6-10)11-7-8-15-17-11/h3-8H,1-2H3,(H,15,17)(H,16,18). The Balaban J connectivity index is 2.12. The smallest absolute Gasteiger partial charge is 0.240 e. The first-order valence-electron chi connectivity index (χ1n) is 5.57. The summed E-state index contributed by atoms with van der Waals surface area (Å²) >= 11 is 3.32. The van der Waals surface area contributed by atoms with Crippen LogP contribution < -0.4 is 5.32 Å². The Hall–Kier alpha value is -1.62.